The Balaban J connectivity index is 2.39. The van der Waals surface area contributed by atoms with Crippen molar-refractivity contribution in [1.82, 2.24) is 5.34 Å². The summed E-state index contributed by atoms with van der Waals surface area (Å²) in [5.41, 5.74) is -0.750. The quantitative estimate of drug-likeness (QED) is 0.460. The summed E-state index contributed by atoms with van der Waals surface area (Å²) in [6.45, 7) is 1.55. The van der Waals surface area contributed by atoms with E-state index in [1.807, 2.05) is 0 Å². The van der Waals surface area contributed by atoms with Crippen molar-refractivity contribution in [2.75, 3.05) is 0 Å². The molecule has 1 aliphatic carbocycles. The van der Waals surface area contributed by atoms with E-state index >= 15 is 0 Å². The van der Waals surface area contributed by atoms with E-state index in [9.17, 15) is 8.96 Å². The van der Waals surface area contributed by atoms with E-state index in [0.717, 1.165) is 0 Å². The van der Waals surface area contributed by atoms with E-state index in [0.29, 0.717) is 12.8 Å². The lowest BCUT2D eigenvalue weighted by molar-refractivity contribution is -0.193. The molecule has 7 heavy (non-hydrogen) atoms. The molecule has 0 amide bonds. The molecule has 3 heteroatoms. The molecule has 1 saturated carbocycles. The van der Waals surface area contributed by atoms with Crippen molar-refractivity contribution in [3.05, 3.63) is 0 Å². The number of hydrogen-bond acceptors (Lipinski definition) is 1. The summed E-state index contributed by atoms with van der Waals surface area (Å²) < 4.78 is 22.9. The van der Waals surface area contributed by atoms with Gasteiger partial charge in [0.25, 0.3) is 0 Å². The standard InChI is InChI=1S/C4H7F2N/c1-4(2-3-4)7(5)6/h2-3H2,1H3. The zero-order valence-electron chi connectivity index (χ0n) is 4.12. The van der Waals surface area contributed by atoms with Crippen LogP contribution in [0.25, 0.3) is 0 Å². The molecular weight excluding hydrogens is 100 g/mol. The molecule has 0 aliphatic heterocycles. The number of nitrogens with zero attached hydrogens (tertiary/aromatic N) is 1. The Kier molecular flexibility index (Phi) is 0.819. The van der Waals surface area contributed by atoms with Gasteiger partial charge in [-0.1, -0.05) is 0 Å². The van der Waals surface area contributed by atoms with Crippen LogP contribution in [0.5, 0.6) is 0 Å². The van der Waals surface area contributed by atoms with Gasteiger partial charge < -0.3 is 0 Å². The van der Waals surface area contributed by atoms with Crippen molar-refractivity contribution in [2.45, 2.75) is 25.3 Å². The van der Waals surface area contributed by atoms with Gasteiger partial charge in [-0.2, -0.15) is 0 Å². The summed E-state index contributed by atoms with van der Waals surface area (Å²) >= 11 is 0. The van der Waals surface area contributed by atoms with Crippen LogP contribution >= 0.6 is 0 Å². The molecular formula is C4H7F2N. The molecule has 1 nitrogen and oxygen atoms in total. The Morgan fingerprint density at radius 2 is 1.86 bits per heavy atom. The predicted octanol–water partition coefficient (Wildman–Crippen LogP) is 1.61. The van der Waals surface area contributed by atoms with Crippen LogP contribution in [0.3, 0.4) is 0 Å². The number of rotatable bonds is 1. The zero-order valence-corrected chi connectivity index (χ0v) is 4.12. The van der Waals surface area contributed by atoms with Crippen LogP contribution in [0.15, 0.2) is 0 Å². The van der Waals surface area contributed by atoms with Crippen molar-refractivity contribution in [1.29, 1.82) is 0 Å². The molecule has 0 radical (unpaired) electrons. The lowest BCUT2D eigenvalue weighted by Gasteiger charge is -2.04. The molecule has 1 rings (SSSR count). The molecule has 42 valence electrons. The minimum Gasteiger partial charge on any atom is -0.101 e. The van der Waals surface area contributed by atoms with Gasteiger partial charge in [0.2, 0.25) is 0 Å². The third kappa shape index (κ3) is 0.725. The highest BCUT2D eigenvalue weighted by atomic mass is 19.4. The molecule has 0 heterocycles. The van der Waals surface area contributed by atoms with Crippen LogP contribution in [0, 0.1) is 0 Å². The largest absolute Gasteiger partial charge is 0.101 e. The highest BCUT2D eigenvalue weighted by Crippen LogP contribution is 2.41. The maximum Gasteiger partial charge on any atom is 0.0812 e. The summed E-state index contributed by atoms with van der Waals surface area (Å²) in [6, 6.07) is 0. The molecule has 0 aromatic carbocycles. The maximum absolute atomic E-state index is 11.4. The second kappa shape index (κ2) is 1.15. The van der Waals surface area contributed by atoms with Gasteiger partial charge in [0, 0.05) is 5.34 Å². The minimum absolute atomic E-state index is 0.639. The second-order valence-electron chi connectivity index (χ2n) is 2.23. The monoisotopic (exact) mass is 107 g/mol. The van der Waals surface area contributed by atoms with Crippen molar-refractivity contribution in [3.63, 3.8) is 0 Å². The fourth-order valence-electron chi connectivity index (χ4n) is 0.350. The Labute approximate surface area is 40.8 Å². The Morgan fingerprint density at radius 3 is 1.86 bits per heavy atom. The molecule has 0 bridgehead atoms. The van der Waals surface area contributed by atoms with Crippen molar-refractivity contribution < 1.29 is 8.96 Å². The van der Waals surface area contributed by atoms with Crippen LogP contribution in [0.4, 0.5) is 8.96 Å². The lowest BCUT2D eigenvalue weighted by atomic mass is 10.4. The molecule has 1 aliphatic rings. The van der Waals surface area contributed by atoms with Crippen LogP contribution in [-0.4, -0.2) is 10.9 Å². The van der Waals surface area contributed by atoms with Crippen LogP contribution < -0.4 is 0 Å². The van der Waals surface area contributed by atoms with Crippen LogP contribution in [0.1, 0.15) is 19.8 Å². The topological polar surface area (TPSA) is 3.24 Å². The first-order valence-electron chi connectivity index (χ1n) is 2.27. The Morgan fingerprint density at radius 1 is 1.43 bits per heavy atom. The fraction of sp³-hybridized carbons (Fsp3) is 1.00. The third-order valence-corrected chi connectivity index (χ3v) is 1.38. The fourth-order valence-corrected chi connectivity index (χ4v) is 0.350. The first-order chi connectivity index (χ1) is 3.15. The predicted molar refractivity (Wildman–Crippen MR) is 21.7 cm³/mol. The molecule has 0 unspecified atom stereocenters. The average Bonchev–Trinajstić information content (AvgIpc) is 2.21. The van der Waals surface area contributed by atoms with Gasteiger partial charge in [-0.05, 0) is 19.8 Å². The summed E-state index contributed by atoms with van der Waals surface area (Å²) in [5.74, 6) is 0. The molecule has 0 atom stereocenters. The SMILES string of the molecule is CC1(N(F)F)CC1. The molecule has 0 saturated heterocycles. The number of halogens is 2. The molecule has 1 fully saturated rings. The van der Waals surface area contributed by atoms with Crippen LogP contribution in [0.2, 0.25) is 0 Å². The molecule has 0 aromatic heterocycles. The second-order valence-corrected chi connectivity index (χ2v) is 2.23. The van der Waals surface area contributed by atoms with Gasteiger partial charge >= 0.3 is 0 Å². The Bertz CT molecular complexity index is 77.8. The Hall–Kier alpha value is -0.180. The highest BCUT2D eigenvalue weighted by molar-refractivity contribution is 4.93. The van der Waals surface area contributed by atoms with Gasteiger partial charge in [-0.3, -0.25) is 0 Å². The molecule has 0 spiro atoms. The normalized spacial score (nSPS) is 25.7. The van der Waals surface area contributed by atoms with E-state index in [1.165, 1.54) is 0 Å². The molecule has 0 aromatic rings. The summed E-state index contributed by atoms with van der Waals surface area (Å²) in [6.07, 6.45) is 1.28. The summed E-state index contributed by atoms with van der Waals surface area (Å²) in [5, 5.41) is -0.701. The first-order valence-corrected chi connectivity index (χ1v) is 2.27. The van der Waals surface area contributed by atoms with E-state index in [4.69, 9.17) is 0 Å². The van der Waals surface area contributed by atoms with Gasteiger partial charge in [0.05, 0.1) is 5.54 Å². The van der Waals surface area contributed by atoms with E-state index in [-0.39, 0.29) is 0 Å². The van der Waals surface area contributed by atoms with Gasteiger partial charge in [0.1, 0.15) is 0 Å². The van der Waals surface area contributed by atoms with Gasteiger partial charge in [-0.25, -0.2) is 0 Å². The third-order valence-electron chi connectivity index (χ3n) is 1.38. The lowest BCUT2D eigenvalue weighted by Crippen LogP contribution is -2.17. The van der Waals surface area contributed by atoms with E-state index in [2.05, 4.69) is 0 Å². The van der Waals surface area contributed by atoms with Gasteiger partial charge in [0.15, 0.2) is 0 Å². The van der Waals surface area contributed by atoms with Crippen LogP contribution in [-0.2, 0) is 0 Å². The summed E-state index contributed by atoms with van der Waals surface area (Å²) in [4.78, 5) is 0. The van der Waals surface area contributed by atoms with Crippen molar-refractivity contribution in [3.8, 4) is 0 Å². The highest BCUT2D eigenvalue weighted by Gasteiger charge is 2.45. The first kappa shape index (κ1) is 4.97. The summed E-state index contributed by atoms with van der Waals surface area (Å²) in [7, 11) is 0. The average molecular weight is 107 g/mol. The van der Waals surface area contributed by atoms with E-state index < -0.39 is 10.9 Å². The maximum atomic E-state index is 11.4. The number of hydrogen-bond donors (Lipinski definition) is 0. The van der Waals surface area contributed by atoms with E-state index in [1.54, 1.807) is 6.92 Å². The zero-order chi connectivity index (χ0) is 5.49. The minimum atomic E-state index is -0.750. The van der Waals surface area contributed by atoms with Crippen molar-refractivity contribution in [2.24, 2.45) is 0 Å². The smallest absolute Gasteiger partial charge is 0.0812 e. The van der Waals surface area contributed by atoms with Gasteiger partial charge in [-0.15, -0.1) is 8.96 Å². The molecule has 0 N–H and O–H groups in total. The van der Waals surface area contributed by atoms with Crippen molar-refractivity contribution >= 4 is 0 Å².